The van der Waals surface area contributed by atoms with Crippen molar-refractivity contribution in [1.82, 2.24) is 9.55 Å². The topological polar surface area (TPSA) is 79.4 Å². The molecule has 1 saturated carbocycles. The fraction of sp³-hybridized carbons (Fsp3) is 0.462. The van der Waals surface area contributed by atoms with Crippen molar-refractivity contribution in [2.24, 2.45) is 5.92 Å². The molecule has 1 saturated heterocycles. The summed E-state index contributed by atoms with van der Waals surface area (Å²) in [5.74, 6) is 0.764. The number of anilines is 2. The second-order valence-electron chi connectivity index (χ2n) is 9.34. The number of amides is 1. The molecule has 1 aromatic heterocycles. The number of carbonyl (C=O) groups is 1. The van der Waals surface area contributed by atoms with Crippen LogP contribution in [0.1, 0.15) is 50.1 Å². The minimum atomic E-state index is -0.0467. The van der Waals surface area contributed by atoms with E-state index < -0.39 is 0 Å². The summed E-state index contributed by atoms with van der Waals surface area (Å²) in [6.07, 6.45) is 5.56. The van der Waals surface area contributed by atoms with E-state index in [0.717, 1.165) is 72.5 Å². The van der Waals surface area contributed by atoms with Crippen molar-refractivity contribution in [3.05, 3.63) is 52.4 Å². The molecule has 174 valence electrons. The SMILES string of the molecule is COc1cc(NC(=O)[C@H]2CC[C@@H](n3c(=O)[nH]c4c(N5CCCC5)cccc43)CC2)ccc1C. The maximum Gasteiger partial charge on any atom is 0.326 e. The number of aromatic nitrogens is 2. The van der Waals surface area contributed by atoms with Crippen LogP contribution in [0.5, 0.6) is 5.75 Å². The van der Waals surface area contributed by atoms with Gasteiger partial charge in [0.1, 0.15) is 5.75 Å². The lowest BCUT2D eigenvalue weighted by Crippen LogP contribution is -2.31. The largest absolute Gasteiger partial charge is 0.496 e. The van der Waals surface area contributed by atoms with E-state index in [2.05, 4.69) is 27.3 Å². The van der Waals surface area contributed by atoms with Gasteiger partial charge in [-0.2, -0.15) is 0 Å². The molecule has 2 aromatic carbocycles. The van der Waals surface area contributed by atoms with Gasteiger partial charge in [0.15, 0.2) is 0 Å². The van der Waals surface area contributed by atoms with Gasteiger partial charge in [-0.15, -0.1) is 0 Å². The number of carbonyl (C=O) groups excluding carboxylic acids is 1. The molecule has 5 rings (SSSR count). The molecule has 3 aromatic rings. The number of rotatable bonds is 5. The van der Waals surface area contributed by atoms with Gasteiger partial charge < -0.3 is 19.9 Å². The van der Waals surface area contributed by atoms with Gasteiger partial charge in [-0.25, -0.2) is 4.79 Å². The van der Waals surface area contributed by atoms with E-state index in [1.54, 1.807) is 7.11 Å². The third-order valence-corrected chi connectivity index (χ3v) is 7.29. The second-order valence-corrected chi connectivity index (χ2v) is 9.34. The number of methoxy groups -OCH3 is 1. The Bertz CT molecular complexity index is 1210. The molecule has 0 bridgehead atoms. The van der Waals surface area contributed by atoms with E-state index in [-0.39, 0.29) is 23.6 Å². The zero-order valence-corrected chi connectivity index (χ0v) is 19.4. The van der Waals surface area contributed by atoms with Crippen molar-refractivity contribution >= 4 is 28.3 Å². The number of aromatic amines is 1. The molecule has 1 aliphatic heterocycles. The maximum absolute atomic E-state index is 12.9. The van der Waals surface area contributed by atoms with Gasteiger partial charge in [-0.05, 0) is 69.2 Å². The van der Waals surface area contributed by atoms with E-state index >= 15 is 0 Å². The molecule has 0 atom stereocenters. The highest BCUT2D eigenvalue weighted by Gasteiger charge is 2.29. The number of hydrogen-bond donors (Lipinski definition) is 2. The number of benzene rings is 2. The van der Waals surface area contributed by atoms with Crippen LogP contribution < -0.4 is 20.6 Å². The number of para-hydroxylation sites is 1. The molecule has 7 nitrogen and oxygen atoms in total. The first kappa shape index (κ1) is 21.6. The van der Waals surface area contributed by atoms with Gasteiger partial charge >= 0.3 is 5.69 Å². The third kappa shape index (κ3) is 4.12. The van der Waals surface area contributed by atoms with Gasteiger partial charge in [0.25, 0.3) is 0 Å². The molecule has 2 aliphatic rings. The molecule has 2 N–H and O–H groups in total. The Hall–Kier alpha value is -3.22. The Morgan fingerprint density at radius 3 is 2.58 bits per heavy atom. The average molecular weight is 449 g/mol. The summed E-state index contributed by atoms with van der Waals surface area (Å²) in [4.78, 5) is 31.3. The van der Waals surface area contributed by atoms with Crippen LogP contribution in [0.25, 0.3) is 11.0 Å². The van der Waals surface area contributed by atoms with Crippen LogP contribution >= 0.6 is 0 Å². The van der Waals surface area contributed by atoms with Crippen molar-refractivity contribution in [3.8, 4) is 5.75 Å². The standard InChI is InChI=1S/C26H32N4O3/c1-17-8-11-19(16-23(17)33-2)27-25(31)18-9-12-20(13-10-18)30-22-7-5-6-21(24(22)28-26(30)32)29-14-3-4-15-29/h5-8,11,16,18,20H,3-4,9-10,12-15H2,1-2H3,(H,27,31)(H,28,32)/t18-,20+. The number of hydrogen-bond acceptors (Lipinski definition) is 4. The molecule has 0 unspecified atom stereocenters. The van der Waals surface area contributed by atoms with Gasteiger partial charge in [0.2, 0.25) is 5.91 Å². The smallest absolute Gasteiger partial charge is 0.326 e. The fourth-order valence-electron chi connectivity index (χ4n) is 5.46. The number of ether oxygens (including phenoxy) is 1. The zero-order valence-electron chi connectivity index (χ0n) is 19.4. The Kier molecular flexibility index (Phi) is 5.87. The average Bonchev–Trinajstić information content (AvgIpc) is 3.47. The first-order chi connectivity index (χ1) is 16.0. The van der Waals surface area contributed by atoms with Crippen molar-refractivity contribution in [2.75, 3.05) is 30.4 Å². The molecule has 1 amide bonds. The maximum atomic E-state index is 12.9. The highest BCUT2D eigenvalue weighted by Crippen LogP contribution is 2.36. The van der Waals surface area contributed by atoms with Crippen molar-refractivity contribution in [2.45, 2.75) is 51.5 Å². The lowest BCUT2D eigenvalue weighted by molar-refractivity contribution is -0.121. The third-order valence-electron chi connectivity index (χ3n) is 7.29. The van der Waals surface area contributed by atoms with Crippen LogP contribution in [0.2, 0.25) is 0 Å². The first-order valence-corrected chi connectivity index (χ1v) is 12.0. The summed E-state index contributed by atoms with van der Waals surface area (Å²) in [7, 11) is 1.63. The van der Waals surface area contributed by atoms with E-state index in [4.69, 9.17) is 4.74 Å². The lowest BCUT2D eigenvalue weighted by Gasteiger charge is -2.28. The highest BCUT2D eigenvalue weighted by molar-refractivity contribution is 5.93. The first-order valence-electron chi connectivity index (χ1n) is 12.0. The number of imidazole rings is 1. The number of nitrogens with one attached hydrogen (secondary N) is 2. The Morgan fingerprint density at radius 1 is 1.09 bits per heavy atom. The molecule has 0 spiro atoms. The predicted molar refractivity (Wildman–Crippen MR) is 131 cm³/mol. The van der Waals surface area contributed by atoms with Gasteiger partial charge in [0.05, 0.1) is 23.8 Å². The minimum absolute atomic E-state index is 0.0435. The normalized spacial score (nSPS) is 20.8. The highest BCUT2D eigenvalue weighted by atomic mass is 16.5. The van der Waals surface area contributed by atoms with Crippen LogP contribution in [0, 0.1) is 12.8 Å². The van der Waals surface area contributed by atoms with Crippen LogP contribution in [-0.4, -0.2) is 35.7 Å². The molecule has 1 aliphatic carbocycles. The van der Waals surface area contributed by atoms with Crippen molar-refractivity contribution in [3.63, 3.8) is 0 Å². The summed E-state index contributed by atoms with van der Waals surface area (Å²) in [5, 5.41) is 3.04. The van der Waals surface area contributed by atoms with Crippen molar-refractivity contribution < 1.29 is 9.53 Å². The Labute approximate surface area is 193 Å². The minimum Gasteiger partial charge on any atom is -0.496 e. The molecule has 7 heteroatoms. The summed E-state index contributed by atoms with van der Waals surface area (Å²) >= 11 is 0. The van der Waals surface area contributed by atoms with Crippen LogP contribution in [-0.2, 0) is 4.79 Å². The van der Waals surface area contributed by atoms with Gasteiger partial charge in [-0.1, -0.05) is 12.1 Å². The quantitative estimate of drug-likeness (QED) is 0.597. The number of H-pyrrole nitrogens is 1. The molecule has 2 heterocycles. The monoisotopic (exact) mass is 448 g/mol. The zero-order chi connectivity index (χ0) is 22.9. The molecule has 0 radical (unpaired) electrons. The van der Waals surface area contributed by atoms with E-state index in [0.29, 0.717) is 0 Å². The van der Waals surface area contributed by atoms with E-state index in [9.17, 15) is 9.59 Å². The molecule has 2 fully saturated rings. The summed E-state index contributed by atoms with van der Waals surface area (Å²) < 4.78 is 7.29. The second kappa shape index (κ2) is 8.96. The number of fused-ring (bicyclic) bond motifs is 1. The molecular formula is C26H32N4O3. The Morgan fingerprint density at radius 2 is 1.85 bits per heavy atom. The fourth-order valence-corrected chi connectivity index (χ4v) is 5.46. The summed E-state index contributed by atoms with van der Waals surface area (Å²) in [6, 6.07) is 12.0. The van der Waals surface area contributed by atoms with Crippen LogP contribution in [0.4, 0.5) is 11.4 Å². The summed E-state index contributed by atoms with van der Waals surface area (Å²) in [5.41, 5.74) is 4.79. The van der Waals surface area contributed by atoms with Gasteiger partial charge in [-0.3, -0.25) is 9.36 Å². The molecular weight excluding hydrogens is 416 g/mol. The number of aryl methyl sites for hydroxylation is 1. The molecule has 33 heavy (non-hydrogen) atoms. The van der Waals surface area contributed by atoms with Crippen molar-refractivity contribution in [1.29, 1.82) is 0 Å². The van der Waals surface area contributed by atoms with E-state index in [1.807, 2.05) is 35.8 Å². The van der Waals surface area contributed by atoms with Gasteiger partial charge in [0, 0.05) is 36.8 Å². The number of nitrogens with zero attached hydrogens (tertiary/aromatic N) is 2. The van der Waals surface area contributed by atoms with Crippen LogP contribution in [0.3, 0.4) is 0 Å². The summed E-state index contributed by atoms with van der Waals surface area (Å²) in [6.45, 7) is 4.06. The van der Waals surface area contributed by atoms with Crippen LogP contribution in [0.15, 0.2) is 41.2 Å². The van der Waals surface area contributed by atoms with E-state index in [1.165, 1.54) is 12.8 Å². The predicted octanol–water partition coefficient (Wildman–Crippen LogP) is 4.62. The Balaban J connectivity index is 1.29. The lowest BCUT2D eigenvalue weighted by atomic mass is 9.85.